The summed E-state index contributed by atoms with van der Waals surface area (Å²) in [6, 6.07) is 0. The number of hydrogen-bond acceptors (Lipinski definition) is 0. The van der Waals surface area contributed by atoms with Gasteiger partial charge in [-0.25, -0.2) is 0 Å². The molecule has 5 radical (unpaired) electrons. The molecular weight excluding hydrogens is 481 g/mol. The third-order valence-electron chi connectivity index (χ3n) is 0. The van der Waals surface area contributed by atoms with E-state index >= 15 is 0 Å². The third-order valence-corrected chi connectivity index (χ3v) is 0. The number of rotatable bonds is 0. The van der Waals surface area contributed by atoms with Gasteiger partial charge in [0.1, 0.15) is 0 Å². The molecule has 0 aromatic heterocycles. The molecule has 0 aromatic rings. The molecule has 0 aliphatic carbocycles. The van der Waals surface area contributed by atoms with Gasteiger partial charge < -0.3 is 0 Å². The summed E-state index contributed by atoms with van der Waals surface area (Å²) in [5.74, 6) is 0. The molecule has 0 heterocycles. The van der Waals surface area contributed by atoms with Crippen LogP contribution in [0.4, 0.5) is 0 Å². The van der Waals surface area contributed by atoms with Crippen LogP contribution in [0.25, 0.3) is 0 Å². The van der Waals surface area contributed by atoms with Crippen LogP contribution in [0, 0.1) is 0 Å². The van der Waals surface area contributed by atoms with Gasteiger partial charge in [-0.3, -0.25) is 0 Å². The summed E-state index contributed by atoms with van der Waals surface area (Å²) in [5.41, 5.74) is 0. The number of hydrogen-bond donors (Lipinski definition) is 0. The maximum absolute atomic E-state index is 0. The average Bonchev–Trinajstić information content (AvgIpc) is 0. The second-order valence-corrected chi connectivity index (χ2v) is 0. The molecule has 0 aromatic carbocycles. The van der Waals surface area contributed by atoms with E-state index in [2.05, 4.69) is 0 Å². The zero-order valence-corrected chi connectivity index (χ0v) is 12.1. The Morgan fingerprint density at radius 3 is 1.00 bits per heavy atom. The summed E-state index contributed by atoms with van der Waals surface area (Å²) in [7, 11) is 0. The minimum Gasteiger partial charge on any atom is 0 e. The van der Waals surface area contributed by atoms with Gasteiger partial charge in [0.05, 0.1) is 0 Å². The molecule has 0 amide bonds. The zero-order valence-electron chi connectivity index (χ0n) is 2.53. The first kappa shape index (κ1) is 52.0. The molecule has 0 atom stereocenters. The molecule has 0 unspecified atom stereocenters. The Morgan fingerprint density at radius 2 is 1.00 bits per heavy atom. The van der Waals surface area contributed by atoms with Crippen molar-refractivity contribution in [1.82, 2.24) is 0 Å². The van der Waals surface area contributed by atoms with E-state index in [9.17, 15) is 0 Å². The molecule has 6 heavy (non-hydrogen) atoms. The molecule has 0 saturated heterocycles. The molecule has 0 spiro atoms. The van der Waals surface area contributed by atoms with Gasteiger partial charge in [0.2, 0.25) is 0 Å². The van der Waals surface area contributed by atoms with E-state index < -0.39 is 0 Å². The van der Waals surface area contributed by atoms with Gasteiger partial charge in [-0.1, -0.05) is 0 Å². The fraction of sp³-hybridized carbons (Fsp3) is 0. The van der Waals surface area contributed by atoms with E-state index in [1.807, 2.05) is 0 Å². The fourth-order valence-electron chi connectivity index (χ4n) is 0. The van der Waals surface area contributed by atoms with E-state index in [1.165, 1.54) is 0 Å². The van der Waals surface area contributed by atoms with Gasteiger partial charge in [0.15, 0.2) is 0 Å². The van der Waals surface area contributed by atoms with Crippen molar-refractivity contribution in [3.63, 3.8) is 0 Å². The first-order valence-electron chi connectivity index (χ1n) is 0. The van der Waals surface area contributed by atoms with Crippen LogP contribution < -0.4 is 0 Å². The first-order chi connectivity index (χ1) is 0. The van der Waals surface area contributed by atoms with Crippen molar-refractivity contribution in [1.29, 1.82) is 0 Å². The average molecular weight is 481 g/mol. The van der Waals surface area contributed by atoms with E-state index in [0.29, 0.717) is 0 Å². The van der Waals surface area contributed by atoms with Crippen molar-refractivity contribution >= 4 is 17.4 Å². The molecule has 0 aliphatic heterocycles. The molecule has 0 rings (SSSR count). The quantitative estimate of drug-likeness (QED) is 0.415. The molecule has 0 fully saturated rings. The Morgan fingerprint density at radius 1 is 1.00 bits per heavy atom. The van der Waals surface area contributed by atoms with Crippen LogP contribution in [-0.4, -0.2) is 17.4 Å². The van der Waals surface area contributed by atoms with Crippen molar-refractivity contribution in [3.05, 3.63) is 0 Å². The predicted octanol–water partition coefficient (Wildman–Crippen LogP) is -0.393. The van der Waals surface area contributed by atoms with Crippen molar-refractivity contribution in [2.24, 2.45) is 0 Å². The van der Waals surface area contributed by atoms with Crippen molar-refractivity contribution in [2.45, 2.75) is 0 Å². The fourth-order valence-corrected chi connectivity index (χ4v) is 0. The van der Waals surface area contributed by atoms with Gasteiger partial charge in [-0.05, 0) is 0 Å². The maximum Gasteiger partial charge on any atom is 0 e. The SMILES string of the molecule is [Al].[Co].[Cr].[Ni].[Pt].[Y]. The van der Waals surface area contributed by atoms with Crippen molar-refractivity contribution in [3.8, 4) is 0 Å². The van der Waals surface area contributed by atoms with Gasteiger partial charge in [-0.2, -0.15) is 0 Å². The van der Waals surface area contributed by atoms with Gasteiger partial charge in [-0.15, -0.1) is 0 Å². The minimum absolute atomic E-state index is 0. The molecule has 0 nitrogen and oxygen atoms in total. The summed E-state index contributed by atoms with van der Waals surface area (Å²) < 4.78 is 0. The van der Waals surface area contributed by atoms with Crippen LogP contribution in [0.2, 0.25) is 0 Å². The normalized spacial score (nSPS) is 0. The molecule has 6 heteroatoms. The second kappa shape index (κ2) is 36.8. The van der Waals surface area contributed by atoms with Crippen molar-refractivity contribution in [2.75, 3.05) is 0 Å². The monoisotopic (exact) mass is 480 g/mol. The van der Waals surface area contributed by atoms with E-state index in [-0.39, 0.29) is 122 Å². The topological polar surface area (TPSA) is 0 Å². The summed E-state index contributed by atoms with van der Waals surface area (Å²) in [6.07, 6.45) is 0. The van der Waals surface area contributed by atoms with Crippen LogP contribution in [0.3, 0.4) is 0 Å². The minimum atomic E-state index is 0. The van der Waals surface area contributed by atoms with Crippen molar-refractivity contribution < 1.29 is 104 Å². The Labute approximate surface area is 119 Å². The van der Waals surface area contributed by atoms with E-state index in [1.54, 1.807) is 0 Å². The standard InChI is InChI=1S/Al.Co.Cr.Ni.Pt.Y. The molecular formula is AlCoCrNiPtY. The molecule has 0 aliphatic rings. The Bertz CT molecular complexity index is 15.5. The zero-order chi connectivity index (χ0) is 0. The van der Waals surface area contributed by atoms with E-state index in [4.69, 9.17) is 0 Å². The van der Waals surface area contributed by atoms with Crippen LogP contribution in [-0.2, 0) is 104 Å². The maximum atomic E-state index is 0. The van der Waals surface area contributed by atoms with Crippen LogP contribution >= 0.6 is 0 Å². The Balaban J connectivity index is 0. The smallest absolute Gasteiger partial charge is 0 e. The van der Waals surface area contributed by atoms with Gasteiger partial charge in [0, 0.05) is 122 Å². The van der Waals surface area contributed by atoms with Crippen LogP contribution in [0.5, 0.6) is 0 Å². The second-order valence-electron chi connectivity index (χ2n) is 0. The molecule has 41 valence electrons. The summed E-state index contributed by atoms with van der Waals surface area (Å²) in [5, 5.41) is 0. The van der Waals surface area contributed by atoms with Gasteiger partial charge in [0.25, 0.3) is 0 Å². The Kier molecular flexibility index (Phi) is 318. The summed E-state index contributed by atoms with van der Waals surface area (Å²) >= 11 is 0. The molecule has 0 bridgehead atoms. The third kappa shape index (κ3) is 24.8. The Hall–Kier alpha value is 3.86. The predicted molar refractivity (Wildman–Crippen MR) is 5.75 cm³/mol. The largest absolute Gasteiger partial charge is 0 e. The van der Waals surface area contributed by atoms with Gasteiger partial charge >= 0.3 is 0 Å². The molecule has 0 saturated carbocycles. The van der Waals surface area contributed by atoms with Crippen LogP contribution in [0.15, 0.2) is 0 Å². The summed E-state index contributed by atoms with van der Waals surface area (Å²) in [6.45, 7) is 0. The molecule has 0 N–H and O–H groups in total. The van der Waals surface area contributed by atoms with E-state index in [0.717, 1.165) is 0 Å². The summed E-state index contributed by atoms with van der Waals surface area (Å²) in [4.78, 5) is 0. The van der Waals surface area contributed by atoms with Crippen LogP contribution in [0.1, 0.15) is 0 Å². The first-order valence-corrected chi connectivity index (χ1v) is 0.